The SMILES string of the molecule is CCCCN(CCCC)c1ccc(/C=C/c2ccc(/C=C(\C#N)C(=O)O)cc2)cc1. The lowest BCUT2D eigenvalue weighted by Crippen LogP contribution is -2.25. The summed E-state index contributed by atoms with van der Waals surface area (Å²) in [6.07, 6.45) is 10.3. The minimum Gasteiger partial charge on any atom is -0.477 e. The van der Waals surface area contributed by atoms with Crippen molar-refractivity contribution in [2.75, 3.05) is 18.0 Å². The first-order chi connectivity index (χ1) is 14.6. The highest BCUT2D eigenvalue weighted by Gasteiger charge is 2.06. The number of carbonyl (C=O) groups is 1. The van der Waals surface area contributed by atoms with Gasteiger partial charge in [-0.25, -0.2) is 4.79 Å². The number of unbranched alkanes of at least 4 members (excludes halogenated alkanes) is 2. The number of hydrogen-bond acceptors (Lipinski definition) is 3. The predicted octanol–water partition coefficient (Wildman–Crippen LogP) is 6.26. The maximum absolute atomic E-state index is 10.9. The average molecular weight is 403 g/mol. The second-order valence-electron chi connectivity index (χ2n) is 7.26. The van der Waals surface area contributed by atoms with Crippen molar-refractivity contribution in [3.05, 3.63) is 70.8 Å². The van der Waals surface area contributed by atoms with Gasteiger partial charge in [-0.3, -0.25) is 0 Å². The topological polar surface area (TPSA) is 64.3 Å². The monoisotopic (exact) mass is 402 g/mol. The highest BCUT2D eigenvalue weighted by Crippen LogP contribution is 2.19. The highest BCUT2D eigenvalue weighted by atomic mass is 16.4. The number of carboxylic acids is 1. The molecule has 1 N–H and O–H groups in total. The van der Waals surface area contributed by atoms with Crippen LogP contribution >= 0.6 is 0 Å². The van der Waals surface area contributed by atoms with E-state index >= 15 is 0 Å². The Balaban J connectivity index is 2.05. The van der Waals surface area contributed by atoms with Crippen molar-refractivity contribution < 1.29 is 9.90 Å². The first-order valence-electron chi connectivity index (χ1n) is 10.6. The van der Waals surface area contributed by atoms with Crippen molar-refractivity contribution >= 4 is 29.9 Å². The highest BCUT2D eigenvalue weighted by molar-refractivity contribution is 5.96. The maximum atomic E-state index is 10.9. The molecule has 0 unspecified atom stereocenters. The van der Waals surface area contributed by atoms with Crippen LogP contribution in [0.2, 0.25) is 0 Å². The van der Waals surface area contributed by atoms with Crippen LogP contribution in [0, 0.1) is 11.3 Å². The summed E-state index contributed by atoms with van der Waals surface area (Å²) in [6.45, 7) is 6.65. The van der Waals surface area contributed by atoms with Crippen molar-refractivity contribution in [1.29, 1.82) is 5.26 Å². The van der Waals surface area contributed by atoms with Gasteiger partial charge in [0.05, 0.1) is 0 Å². The molecule has 0 radical (unpaired) electrons. The molecule has 0 aliphatic carbocycles. The van der Waals surface area contributed by atoms with E-state index in [1.807, 2.05) is 30.3 Å². The summed E-state index contributed by atoms with van der Waals surface area (Å²) in [4.78, 5) is 13.4. The summed E-state index contributed by atoms with van der Waals surface area (Å²) in [5.41, 5.74) is 3.83. The molecule has 4 nitrogen and oxygen atoms in total. The third-order valence-corrected chi connectivity index (χ3v) is 4.89. The van der Waals surface area contributed by atoms with Gasteiger partial charge in [0.1, 0.15) is 11.6 Å². The second-order valence-corrected chi connectivity index (χ2v) is 7.26. The fourth-order valence-electron chi connectivity index (χ4n) is 3.07. The molecule has 0 fully saturated rings. The standard InChI is InChI=1S/C26H30N2O2/c1-3-5-17-28(18-6-4-2)25-15-13-22(14-16-25)8-7-21-9-11-23(12-10-21)19-24(20-27)26(29)30/h7-16,19H,3-6,17-18H2,1-2H3,(H,29,30)/b8-7+,24-19+. The quantitative estimate of drug-likeness (QED) is 0.274. The molecule has 2 aromatic carbocycles. The number of anilines is 1. The largest absolute Gasteiger partial charge is 0.477 e. The summed E-state index contributed by atoms with van der Waals surface area (Å²) < 4.78 is 0. The Hall–Kier alpha value is -3.32. The molecule has 0 aliphatic rings. The first-order valence-corrected chi connectivity index (χ1v) is 10.6. The van der Waals surface area contributed by atoms with Gasteiger partial charge < -0.3 is 10.0 Å². The van der Waals surface area contributed by atoms with Gasteiger partial charge in [0, 0.05) is 18.8 Å². The third kappa shape index (κ3) is 7.25. The van der Waals surface area contributed by atoms with Crippen molar-refractivity contribution in [3.63, 3.8) is 0 Å². The van der Waals surface area contributed by atoms with E-state index in [0.717, 1.165) is 24.2 Å². The fraction of sp³-hybridized carbons (Fsp3) is 0.308. The van der Waals surface area contributed by atoms with Gasteiger partial charge in [0.25, 0.3) is 0 Å². The van der Waals surface area contributed by atoms with Crippen LogP contribution in [0.4, 0.5) is 5.69 Å². The smallest absolute Gasteiger partial charge is 0.346 e. The average Bonchev–Trinajstić information content (AvgIpc) is 2.77. The molecule has 0 aromatic heterocycles. The summed E-state index contributed by atoms with van der Waals surface area (Å²) in [5, 5.41) is 17.8. The van der Waals surface area contributed by atoms with Gasteiger partial charge in [0.15, 0.2) is 0 Å². The van der Waals surface area contributed by atoms with Gasteiger partial charge >= 0.3 is 5.97 Å². The van der Waals surface area contributed by atoms with Crippen molar-refractivity contribution in [2.24, 2.45) is 0 Å². The van der Waals surface area contributed by atoms with E-state index in [2.05, 4.69) is 49.1 Å². The Labute approximate surface area is 179 Å². The van der Waals surface area contributed by atoms with E-state index in [4.69, 9.17) is 10.4 Å². The molecule has 0 saturated carbocycles. The summed E-state index contributed by atoms with van der Waals surface area (Å²) >= 11 is 0. The number of rotatable bonds is 11. The first kappa shape index (κ1) is 23.0. The van der Waals surface area contributed by atoms with Crippen molar-refractivity contribution in [2.45, 2.75) is 39.5 Å². The molecule has 4 heteroatoms. The number of benzene rings is 2. The van der Waals surface area contributed by atoms with Crippen LogP contribution in [-0.4, -0.2) is 24.2 Å². The van der Waals surface area contributed by atoms with Crippen LogP contribution < -0.4 is 4.90 Å². The van der Waals surface area contributed by atoms with E-state index in [-0.39, 0.29) is 5.57 Å². The van der Waals surface area contributed by atoms with Crippen LogP contribution in [0.3, 0.4) is 0 Å². The van der Waals surface area contributed by atoms with Gasteiger partial charge in [0.2, 0.25) is 0 Å². The molecule has 0 bridgehead atoms. The van der Waals surface area contributed by atoms with E-state index in [0.29, 0.717) is 5.56 Å². The lowest BCUT2D eigenvalue weighted by Gasteiger charge is -2.24. The van der Waals surface area contributed by atoms with Gasteiger partial charge in [-0.1, -0.05) is 75.2 Å². The minimum atomic E-state index is -1.21. The molecule has 0 spiro atoms. The van der Waals surface area contributed by atoms with E-state index in [1.165, 1.54) is 37.4 Å². The van der Waals surface area contributed by atoms with Crippen LogP contribution in [0.15, 0.2) is 54.1 Å². The van der Waals surface area contributed by atoms with E-state index in [9.17, 15) is 4.79 Å². The molecular weight excluding hydrogens is 372 g/mol. The number of carboxylic acid groups (broad SMARTS) is 1. The minimum absolute atomic E-state index is 0.273. The molecule has 2 rings (SSSR count). The Morgan fingerprint density at radius 3 is 1.80 bits per heavy atom. The molecule has 2 aromatic rings. The molecule has 0 atom stereocenters. The number of nitriles is 1. The van der Waals surface area contributed by atoms with Gasteiger partial charge in [-0.05, 0) is 47.7 Å². The zero-order valence-electron chi connectivity index (χ0n) is 17.8. The van der Waals surface area contributed by atoms with Crippen LogP contribution in [0.1, 0.15) is 56.2 Å². The van der Waals surface area contributed by atoms with Gasteiger partial charge in [-0.15, -0.1) is 0 Å². The lowest BCUT2D eigenvalue weighted by molar-refractivity contribution is -0.132. The third-order valence-electron chi connectivity index (χ3n) is 4.89. The zero-order chi connectivity index (χ0) is 21.8. The summed E-state index contributed by atoms with van der Waals surface area (Å²) in [7, 11) is 0. The summed E-state index contributed by atoms with van der Waals surface area (Å²) in [6, 6.07) is 17.8. The number of nitrogens with zero attached hydrogens (tertiary/aromatic N) is 2. The molecule has 0 aliphatic heterocycles. The number of hydrogen-bond donors (Lipinski definition) is 1. The van der Waals surface area contributed by atoms with Crippen molar-refractivity contribution in [3.8, 4) is 6.07 Å². The maximum Gasteiger partial charge on any atom is 0.346 e. The van der Waals surface area contributed by atoms with E-state index in [1.54, 1.807) is 6.07 Å². The normalized spacial score (nSPS) is 11.4. The number of aliphatic carboxylic acids is 1. The predicted molar refractivity (Wildman–Crippen MR) is 125 cm³/mol. The molecule has 0 saturated heterocycles. The summed E-state index contributed by atoms with van der Waals surface area (Å²) in [5.74, 6) is -1.21. The Morgan fingerprint density at radius 1 is 0.900 bits per heavy atom. The van der Waals surface area contributed by atoms with Crippen LogP contribution in [-0.2, 0) is 4.79 Å². The molecular formula is C26H30N2O2. The van der Waals surface area contributed by atoms with Crippen molar-refractivity contribution in [1.82, 2.24) is 0 Å². The van der Waals surface area contributed by atoms with Crippen LogP contribution in [0.5, 0.6) is 0 Å². The fourth-order valence-corrected chi connectivity index (χ4v) is 3.07. The molecule has 0 amide bonds. The Kier molecular flexibility index (Phi) is 9.40. The zero-order valence-corrected chi connectivity index (χ0v) is 17.8. The Bertz CT molecular complexity index is 896. The lowest BCUT2D eigenvalue weighted by atomic mass is 10.1. The molecule has 30 heavy (non-hydrogen) atoms. The molecule has 156 valence electrons. The Morgan fingerprint density at radius 2 is 1.37 bits per heavy atom. The second kappa shape index (κ2) is 12.3. The molecule has 0 heterocycles. The van der Waals surface area contributed by atoms with E-state index < -0.39 is 5.97 Å². The van der Waals surface area contributed by atoms with Gasteiger partial charge in [-0.2, -0.15) is 5.26 Å². The van der Waals surface area contributed by atoms with Crippen LogP contribution in [0.25, 0.3) is 18.2 Å².